The normalized spacial score (nSPS) is 13.3. The number of ketones is 1. The number of carbonyl (C=O) groups is 5. The summed E-state index contributed by atoms with van der Waals surface area (Å²) in [4.78, 5) is 63.9. The average Bonchev–Trinajstić information content (AvgIpc) is 1.66. The minimum Gasteiger partial charge on any atom is -0.508 e. The summed E-state index contributed by atoms with van der Waals surface area (Å²) in [5, 5.41) is 60.5. The van der Waals surface area contributed by atoms with Crippen molar-refractivity contribution in [2.75, 3.05) is 57.0 Å². The van der Waals surface area contributed by atoms with Gasteiger partial charge in [0, 0.05) is 99.8 Å². The van der Waals surface area contributed by atoms with E-state index in [1.807, 2.05) is 131 Å². The quantitative estimate of drug-likeness (QED) is 0.0515. The number of esters is 3. The minimum atomic E-state index is -1.18. The number of ether oxygens (including phenoxy) is 3. The first-order valence-corrected chi connectivity index (χ1v) is 26.4. The molecule has 0 saturated heterocycles. The SMILES string of the molecule is C.C.CN(C)c1ccc(C(=O)c2ccccc2C(=O)O)c(O)c1.CN(C)c1ccc2c(c1)Oc1c(ccc3cccc(O)c13)C21OC(=O)c2ccccc21.CN(C)c1cccc(O)c1.O=C1OC(=O)c2ccccc21.Oc1cccc2cccc(O)c12. The highest BCUT2D eigenvalue weighted by atomic mass is 16.6. The molecular weight excluding hydrogens is 1110 g/mol. The van der Waals surface area contributed by atoms with Gasteiger partial charge in [-0.05, 0) is 95.7 Å². The molecule has 0 fully saturated rings. The monoisotopic (exact) mass is 1170 g/mol. The molecule has 0 aliphatic carbocycles. The second kappa shape index (κ2) is 26.5. The second-order valence-corrected chi connectivity index (χ2v) is 20.2. The van der Waals surface area contributed by atoms with Crippen LogP contribution in [0.3, 0.4) is 0 Å². The lowest BCUT2D eigenvalue weighted by Gasteiger charge is -2.37. The largest absolute Gasteiger partial charge is 0.508 e. The summed E-state index contributed by atoms with van der Waals surface area (Å²) in [6.07, 6.45) is 0. The van der Waals surface area contributed by atoms with Gasteiger partial charge in [-0.3, -0.25) is 4.79 Å². The summed E-state index contributed by atoms with van der Waals surface area (Å²) >= 11 is 0. The zero-order chi connectivity index (χ0) is 60.9. The highest BCUT2D eigenvalue weighted by Gasteiger charge is 2.54. The van der Waals surface area contributed by atoms with Crippen LogP contribution in [0.25, 0.3) is 21.5 Å². The van der Waals surface area contributed by atoms with Gasteiger partial charge in [0.1, 0.15) is 40.2 Å². The van der Waals surface area contributed by atoms with Crippen LogP contribution in [0.1, 0.15) is 88.9 Å². The third-order valence-electron chi connectivity index (χ3n) is 14.1. The number of carbonyl (C=O) groups excluding carboxylic acids is 4. The maximum Gasteiger partial charge on any atom is 0.346 e. The summed E-state index contributed by atoms with van der Waals surface area (Å²) in [6.45, 7) is 0. The van der Waals surface area contributed by atoms with Crippen molar-refractivity contribution in [2.45, 2.75) is 20.5 Å². The van der Waals surface area contributed by atoms with Crippen LogP contribution in [0.4, 0.5) is 17.1 Å². The molecule has 10 aromatic carbocycles. The van der Waals surface area contributed by atoms with Crippen molar-refractivity contribution in [3.8, 4) is 40.2 Å². The van der Waals surface area contributed by atoms with E-state index in [0.29, 0.717) is 50.3 Å². The molecule has 0 bridgehead atoms. The zero-order valence-corrected chi connectivity index (χ0v) is 46.8. The molecule has 17 nitrogen and oxygen atoms in total. The summed E-state index contributed by atoms with van der Waals surface area (Å²) in [6, 6.07) is 57.1. The van der Waals surface area contributed by atoms with E-state index in [-0.39, 0.29) is 60.5 Å². The Morgan fingerprint density at radius 2 is 0.885 bits per heavy atom. The van der Waals surface area contributed by atoms with Crippen molar-refractivity contribution in [2.24, 2.45) is 0 Å². The predicted molar refractivity (Wildman–Crippen MR) is 337 cm³/mol. The van der Waals surface area contributed by atoms with Gasteiger partial charge in [0.15, 0.2) is 11.4 Å². The number of benzene rings is 10. The molecule has 6 N–H and O–H groups in total. The number of carboxylic acids is 1. The number of nitrogens with zero attached hydrogens (tertiary/aromatic N) is 3. The molecular formula is C70H65N3O14. The highest BCUT2D eigenvalue weighted by Crippen LogP contribution is 2.58. The van der Waals surface area contributed by atoms with Crippen LogP contribution in [-0.2, 0) is 15.1 Å². The molecule has 1 unspecified atom stereocenters. The van der Waals surface area contributed by atoms with Gasteiger partial charge in [0.25, 0.3) is 0 Å². The maximum atomic E-state index is 12.9. The molecule has 3 heterocycles. The predicted octanol–water partition coefficient (Wildman–Crippen LogP) is 13.5. The van der Waals surface area contributed by atoms with Gasteiger partial charge in [-0.1, -0.05) is 112 Å². The lowest BCUT2D eigenvalue weighted by molar-refractivity contribution is 0.0224. The number of anilines is 3. The Hall–Kier alpha value is -11.3. The first-order valence-electron chi connectivity index (χ1n) is 26.4. The van der Waals surface area contributed by atoms with E-state index in [1.54, 1.807) is 102 Å². The van der Waals surface area contributed by atoms with E-state index in [1.165, 1.54) is 24.3 Å². The number of rotatable bonds is 6. The third kappa shape index (κ3) is 12.8. The molecule has 0 amide bonds. The van der Waals surface area contributed by atoms with Crippen LogP contribution >= 0.6 is 0 Å². The van der Waals surface area contributed by atoms with Gasteiger partial charge in [0.05, 0.1) is 38.6 Å². The molecule has 0 radical (unpaired) electrons. The topological polar surface area (TPSA) is 244 Å². The molecule has 0 saturated carbocycles. The number of hydrogen-bond donors (Lipinski definition) is 6. The van der Waals surface area contributed by atoms with Gasteiger partial charge < -0.3 is 59.5 Å². The van der Waals surface area contributed by atoms with Gasteiger partial charge in [-0.2, -0.15) is 0 Å². The van der Waals surface area contributed by atoms with Crippen molar-refractivity contribution in [1.29, 1.82) is 0 Å². The first kappa shape index (κ1) is 63.3. The van der Waals surface area contributed by atoms with E-state index >= 15 is 0 Å². The Morgan fingerprint density at radius 1 is 0.402 bits per heavy atom. The van der Waals surface area contributed by atoms with Crippen molar-refractivity contribution in [3.05, 3.63) is 250 Å². The van der Waals surface area contributed by atoms with Crippen molar-refractivity contribution in [3.63, 3.8) is 0 Å². The number of hydrogen-bond acceptors (Lipinski definition) is 16. The average molecular weight is 1170 g/mol. The Morgan fingerprint density at radius 3 is 1.43 bits per heavy atom. The Balaban J connectivity index is 0.000000167. The van der Waals surface area contributed by atoms with Crippen LogP contribution in [0.2, 0.25) is 0 Å². The number of phenolic OH excluding ortho intramolecular Hbond substituents is 5. The van der Waals surface area contributed by atoms with Crippen LogP contribution in [0, 0.1) is 0 Å². The van der Waals surface area contributed by atoms with Gasteiger partial charge in [0.2, 0.25) is 0 Å². The Bertz CT molecular complexity index is 4180. The van der Waals surface area contributed by atoms with E-state index in [0.717, 1.165) is 39.0 Å². The summed E-state index contributed by atoms with van der Waals surface area (Å²) in [5.74, 6) is -1.58. The molecule has 3 aliphatic rings. The smallest absolute Gasteiger partial charge is 0.346 e. The fourth-order valence-corrected chi connectivity index (χ4v) is 9.86. The molecule has 87 heavy (non-hydrogen) atoms. The van der Waals surface area contributed by atoms with Crippen LogP contribution in [0.5, 0.6) is 40.2 Å². The number of cyclic esters (lactones) is 2. The second-order valence-electron chi connectivity index (χ2n) is 20.2. The summed E-state index contributed by atoms with van der Waals surface area (Å²) < 4.78 is 17.0. The third-order valence-corrected chi connectivity index (χ3v) is 14.1. The lowest BCUT2D eigenvalue weighted by Crippen LogP contribution is -2.33. The molecule has 1 atom stereocenters. The van der Waals surface area contributed by atoms with E-state index in [2.05, 4.69) is 4.74 Å². The van der Waals surface area contributed by atoms with Crippen molar-refractivity contribution < 1.29 is 68.8 Å². The molecule has 1 spiro atoms. The highest BCUT2D eigenvalue weighted by molar-refractivity contribution is 6.16. The number of aromatic carboxylic acids is 1. The van der Waals surface area contributed by atoms with E-state index in [9.17, 15) is 44.4 Å². The number of phenols is 5. The molecule has 3 aliphatic heterocycles. The minimum absolute atomic E-state index is 0. The number of fused-ring (bicyclic) bond motifs is 10. The summed E-state index contributed by atoms with van der Waals surface area (Å²) in [7, 11) is 11.4. The molecule has 0 aromatic heterocycles. The first-order chi connectivity index (χ1) is 40.7. The fraction of sp³-hybridized carbons (Fsp3) is 0.129. The lowest BCUT2D eigenvalue weighted by atomic mass is 9.77. The van der Waals surface area contributed by atoms with E-state index in [4.69, 9.17) is 19.7 Å². The van der Waals surface area contributed by atoms with Crippen molar-refractivity contribution >= 4 is 68.3 Å². The van der Waals surface area contributed by atoms with Crippen LogP contribution < -0.4 is 19.4 Å². The zero-order valence-electron chi connectivity index (χ0n) is 46.8. The van der Waals surface area contributed by atoms with Gasteiger partial charge in [-0.15, -0.1) is 0 Å². The summed E-state index contributed by atoms with van der Waals surface area (Å²) in [5.41, 5.74) is 5.12. The fourth-order valence-electron chi connectivity index (χ4n) is 9.86. The molecule has 10 aromatic rings. The van der Waals surface area contributed by atoms with Crippen LogP contribution in [-0.4, -0.2) is 103 Å². The number of carboxylic acid groups (broad SMARTS) is 1. The van der Waals surface area contributed by atoms with Crippen LogP contribution in [0.15, 0.2) is 200 Å². The maximum absolute atomic E-state index is 12.9. The molecule has 17 heteroatoms. The van der Waals surface area contributed by atoms with Gasteiger partial charge in [-0.25, -0.2) is 19.2 Å². The van der Waals surface area contributed by atoms with Gasteiger partial charge >= 0.3 is 23.9 Å². The van der Waals surface area contributed by atoms with E-state index < -0.39 is 29.3 Å². The Labute approximate surface area is 503 Å². The standard InChI is InChI=1S/C26H19NO4.C16H15NO4.C10H8O2.C8H11NO.C8H4O3.2CH4/c1-27(2)16-11-13-19-22(14-16)30-24-20(12-10-15-6-5-9-21(28)23(15)24)26(19)18-8-4-3-7-17(18)25(29)31-26;1-17(2)10-7-8-13(14(18)9-10)15(19)11-5-3-4-6-12(11)16(20)21;11-8-5-1-3-7-4-2-6-9(12)10(7)8;1-9(2)7-4-3-5-8(10)6-7;9-7-5-3-1-2-4-6(5)8(10)11-7;;/h3-14,28H,1-2H3;3-9,18H,1-2H3,(H,20,21);1-6,11-12H;3-6,10H,1-2H3;1-4H;2*1H4. The van der Waals surface area contributed by atoms with Crippen molar-refractivity contribution in [1.82, 2.24) is 0 Å². The number of aromatic hydroxyl groups is 5. The Kier molecular flexibility index (Phi) is 19.3. The molecule has 13 rings (SSSR count). The molecule has 444 valence electrons.